The molecule has 1 unspecified atom stereocenters. The summed E-state index contributed by atoms with van der Waals surface area (Å²) in [6, 6.07) is 0.270. The van der Waals surface area contributed by atoms with Crippen LogP contribution in [0.5, 0.6) is 0 Å². The normalized spacial score (nSPS) is 20.5. The quantitative estimate of drug-likeness (QED) is 0.316. The molecule has 10 heteroatoms. The first-order valence-corrected chi connectivity index (χ1v) is 11.1. The molecule has 2 saturated heterocycles. The molecule has 0 spiro atoms. The van der Waals surface area contributed by atoms with E-state index in [1.807, 2.05) is 32.6 Å². The van der Waals surface area contributed by atoms with E-state index in [1.165, 1.54) is 0 Å². The second kappa shape index (κ2) is 13.2. The van der Waals surface area contributed by atoms with Crippen LogP contribution in [0.15, 0.2) is 4.99 Å². The monoisotopic (exact) mass is 553 g/mol. The zero-order chi connectivity index (χ0) is 22.1. The third-order valence-corrected chi connectivity index (χ3v) is 5.31. The number of carbonyl (C=O) groups is 2. The summed E-state index contributed by atoms with van der Waals surface area (Å²) in [5.41, 5.74) is -0.475. The van der Waals surface area contributed by atoms with Crippen molar-refractivity contribution in [3.8, 4) is 0 Å². The fourth-order valence-electron chi connectivity index (χ4n) is 3.77. The number of piperidine rings is 2. The van der Waals surface area contributed by atoms with Crippen LogP contribution >= 0.6 is 24.0 Å². The van der Waals surface area contributed by atoms with Crippen molar-refractivity contribution in [3.05, 3.63) is 0 Å². The average Bonchev–Trinajstić information content (AvgIpc) is 2.70. The van der Waals surface area contributed by atoms with Crippen LogP contribution in [0, 0.1) is 5.92 Å². The maximum atomic E-state index is 12.3. The van der Waals surface area contributed by atoms with Crippen LogP contribution in [0.2, 0.25) is 0 Å². The highest BCUT2D eigenvalue weighted by Crippen LogP contribution is 2.19. The molecule has 2 heterocycles. The summed E-state index contributed by atoms with van der Waals surface area (Å²) in [7, 11) is 1.76. The van der Waals surface area contributed by atoms with Crippen LogP contribution in [0.25, 0.3) is 0 Å². The number of nitrogens with zero attached hydrogens (tertiary/aromatic N) is 3. The van der Waals surface area contributed by atoms with Gasteiger partial charge in [0.05, 0.1) is 6.61 Å². The van der Waals surface area contributed by atoms with Crippen LogP contribution < -0.4 is 10.6 Å². The largest absolute Gasteiger partial charge is 0.450 e. The zero-order valence-electron chi connectivity index (χ0n) is 19.6. The Morgan fingerprint density at radius 3 is 2.32 bits per heavy atom. The first-order valence-electron chi connectivity index (χ1n) is 11.1. The standard InChI is InChI=1S/C21H39N5O4.HI/c1-6-29-19(27)25-12-9-17(10-13-25)24-18(22-5)23-14-16-8-7-11-26(15-16)20(28)30-21(2,3)4;/h16-17H,6-15H2,1-5H3,(H2,22,23,24);1H. The molecule has 2 aliphatic rings. The molecule has 1 atom stereocenters. The van der Waals surface area contributed by atoms with Crippen LogP contribution in [0.1, 0.15) is 53.4 Å². The summed E-state index contributed by atoms with van der Waals surface area (Å²) in [4.78, 5) is 32.1. The van der Waals surface area contributed by atoms with Gasteiger partial charge in [-0.1, -0.05) is 0 Å². The number of hydrogen-bond donors (Lipinski definition) is 2. The number of ether oxygens (including phenoxy) is 2. The lowest BCUT2D eigenvalue weighted by molar-refractivity contribution is 0.0168. The Kier molecular flexibility index (Phi) is 11.7. The van der Waals surface area contributed by atoms with Crippen molar-refractivity contribution in [2.75, 3.05) is 46.4 Å². The van der Waals surface area contributed by atoms with Gasteiger partial charge in [-0.15, -0.1) is 24.0 Å². The Bertz CT molecular complexity index is 603. The number of amides is 2. The first-order chi connectivity index (χ1) is 14.2. The van der Waals surface area contributed by atoms with Crippen molar-refractivity contribution < 1.29 is 19.1 Å². The van der Waals surface area contributed by atoms with Crippen molar-refractivity contribution in [2.45, 2.75) is 65.0 Å². The van der Waals surface area contributed by atoms with Crippen LogP contribution in [0.3, 0.4) is 0 Å². The van der Waals surface area contributed by atoms with Crippen LogP contribution in [0.4, 0.5) is 9.59 Å². The van der Waals surface area contributed by atoms with Crippen molar-refractivity contribution in [1.82, 2.24) is 20.4 Å². The fourth-order valence-corrected chi connectivity index (χ4v) is 3.77. The SMILES string of the molecule is CCOC(=O)N1CCC(NC(=NC)NCC2CCCN(C(=O)OC(C)(C)C)C2)CC1.I. The van der Waals surface area contributed by atoms with E-state index >= 15 is 0 Å². The minimum atomic E-state index is -0.475. The number of guanidine groups is 1. The highest BCUT2D eigenvalue weighted by atomic mass is 127. The maximum Gasteiger partial charge on any atom is 0.410 e. The Morgan fingerprint density at radius 2 is 1.74 bits per heavy atom. The molecule has 0 aliphatic carbocycles. The Hall–Kier alpha value is -1.46. The second-order valence-corrected chi connectivity index (χ2v) is 8.99. The molecule has 0 saturated carbocycles. The van der Waals surface area contributed by atoms with E-state index in [1.54, 1.807) is 11.9 Å². The predicted octanol–water partition coefficient (Wildman–Crippen LogP) is 3.04. The van der Waals surface area contributed by atoms with Crippen LogP contribution in [-0.4, -0.2) is 86.0 Å². The molecule has 2 fully saturated rings. The summed E-state index contributed by atoms with van der Waals surface area (Å²) >= 11 is 0. The minimum Gasteiger partial charge on any atom is -0.450 e. The molecule has 0 aromatic rings. The lowest BCUT2D eigenvalue weighted by Crippen LogP contribution is -2.51. The number of nitrogens with one attached hydrogen (secondary N) is 2. The molecule has 180 valence electrons. The molecule has 2 rings (SSSR count). The summed E-state index contributed by atoms with van der Waals surface area (Å²) in [6.07, 6.45) is 3.30. The average molecular weight is 553 g/mol. The molecule has 0 radical (unpaired) electrons. The number of rotatable bonds is 4. The summed E-state index contributed by atoms with van der Waals surface area (Å²) < 4.78 is 10.6. The molecule has 31 heavy (non-hydrogen) atoms. The van der Waals surface area contributed by atoms with E-state index in [9.17, 15) is 9.59 Å². The van der Waals surface area contributed by atoms with Gasteiger partial charge in [-0.3, -0.25) is 4.99 Å². The number of carbonyl (C=O) groups excluding carboxylic acids is 2. The minimum absolute atomic E-state index is 0. The molecular weight excluding hydrogens is 513 g/mol. The number of halogens is 1. The van der Waals surface area contributed by atoms with Crippen LogP contribution in [-0.2, 0) is 9.47 Å². The molecular formula is C21H40IN5O4. The van der Waals surface area contributed by atoms with E-state index in [4.69, 9.17) is 9.47 Å². The third-order valence-electron chi connectivity index (χ3n) is 5.31. The van der Waals surface area contributed by atoms with Gasteiger partial charge in [0.25, 0.3) is 0 Å². The van der Waals surface area contributed by atoms with Crippen molar-refractivity contribution in [3.63, 3.8) is 0 Å². The van der Waals surface area contributed by atoms with E-state index in [-0.39, 0.29) is 42.2 Å². The van der Waals surface area contributed by atoms with Gasteiger partial charge in [0.2, 0.25) is 0 Å². The van der Waals surface area contributed by atoms with Gasteiger partial charge in [0.15, 0.2) is 5.96 Å². The van der Waals surface area contributed by atoms with Gasteiger partial charge < -0.3 is 29.9 Å². The van der Waals surface area contributed by atoms with Crippen molar-refractivity contribution >= 4 is 42.1 Å². The van der Waals surface area contributed by atoms with Crippen molar-refractivity contribution in [2.24, 2.45) is 10.9 Å². The number of hydrogen-bond acceptors (Lipinski definition) is 5. The van der Waals surface area contributed by atoms with Gasteiger partial charge in [0.1, 0.15) is 5.60 Å². The Balaban J connectivity index is 0.00000480. The third kappa shape index (κ3) is 9.69. The van der Waals surface area contributed by atoms with E-state index in [0.717, 1.165) is 44.7 Å². The number of aliphatic imine (C=N–C) groups is 1. The number of likely N-dealkylation sites (tertiary alicyclic amines) is 2. The summed E-state index contributed by atoms with van der Waals surface area (Å²) in [6.45, 7) is 11.4. The lowest BCUT2D eigenvalue weighted by Gasteiger charge is -2.35. The van der Waals surface area contributed by atoms with E-state index < -0.39 is 5.60 Å². The van der Waals surface area contributed by atoms with Gasteiger partial charge >= 0.3 is 12.2 Å². The zero-order valence-corrected chi connectivity index (χ0v) is 21.9. The summed E-state index contributed by atoms with van der Waals surface area (Å²) in [5.74, 6) is 1.12. The van der Waals surface area contributed by atoms with Gasteiger partial charge in [-0.25, -0.2) is 9.59 Å². The Labute approximate surface area is 203 Å². The van der Waals surface area contributed by atoms with Gasteiger partial charge in [-0.05, 0) is 59.3 Å². The highest BCUT2D eigenvalue weighted by Gasteiger charge is 2.28. The highest BCUT2D eigenvalue weighted by molar-refractivity contribution is 14.0. The fraction of sp³-hybridized carbons (Fsp3) is 0.857. The molecule has 2 amide bonds. The molecule has 9 nitrogen and oxygen atoms in total. The topological polar surface area (TPSA) is 95.5 Å². The summed E-state index contributed by atoms with van der Waals surface area (Å²) in [5, 5.41) is 6.86. The van der Waals surface area contributed by atoms with Gasteiger partial charge in [-0.2, -0.15) is 0 Å². The Morgan fingerprint density at radius 1 is 1.06 bits per heavy atom. The molecule has 0 aromatic heterocycles. The first kappa shape index (κ1) is 27.6. The van der Waals surface area contributed by atoms with E-state index in [0.29, 0.717) is 32.2 Å². The molecule has 0 aromatic carbocycles. The second-order valence-electron chi connectivity index (χ2n) is 8.99. The van der Waals surface area contributed by atoms with Gasteiger partial charge in [0, 0.05) is 45.8 Å². The lowest BCUT2D eigenvalue weighted by atomic mass is 9.98. The smallest absolute Gasteiger partial charge is 0.410 e. The molecule has 2 aliphatic heterocycles. The predicted molar refractivity (Wildman–Crippen MR) is 132 cm³/mol. The van der Waals surface area contributed by atoms with E-state index in [2.05, 4.69) is 15.6 Å². The molecule has 2 N–H and O–H groups in total. The molecule has 0 bridgehead atoms. The van der Waals surface area contributed by atoms with Crippen molar-refractivity contribution in [1.29, 1.82) is 0 Å². The maximum absolute atomic E-state index is 12.3.